The summed E-state index contributed by atoms with van der Waals surface area (Å²) < 4.78 is 5.21. The summed E-state index contributed by atoms with van der Waals surface area (Å²) in [6.07, 6.45) is 0. The van der Waals surface area contributed by atoms with Crippen molar-refractivity contribution in [3.63, 3.8) is 0 Å². The van der Waals surface area contributed by atoms with Crippen LogP contribution in [0.4, 0.5) is 11.4 Å². The first-order chi connectivity index (χ1) is 19.2. The summed E-state index contributed by atoms with van der Waals surface area (Å²) in [7, 11) is -3.27. The highest BCUT2D eigenvalue weighted by Gasteiger charge is 2.79. The van der Waals surface area contributed by atoms with E-state index in [0.29, 0.717) is 0 Å². The van der Waals surface area contributed by atoms with Crippen molar-refractivity contribution in [3.8, 4) is 0 Å². The Morgan fingerprint density at radius 2 is 1.26 bits per heavy atom. The molecule has 226 valence electrons. The third-order valence-corrected chi connectivity index (χ3v) is 24.1. The summed E-state index contributed by atoms with van der Waals surface area (Å²) in [5.74, 6) is 0. The van der Waals surface area contributed by atoms with Gasteiger partial charge in [0.1, 0.15) is 12.2 Å². The zero-order valence-corrected chi connectivity index (χ0v) is 32.7. The monoisotopic (exact) mass is 633 g/mol. The number of anilines is 1. The minimum Gasteiger partial charge on any atom is -0.360 e. The van der Waals surface area contributed by atoms with Crippen molar-refractivity contribution < 1.29 is 3.81 Å². The van der Waals surface area contributed by atoms with Crippen molar-refractivity contribution in [2.45, 2.75) is 110 Å². The van der Waals surface area contributed by atoms with Crippen LogP contribution >= 0.6 is 11.8 Å². The molecule has 2 aliphatic heterocycles. The van der Waals surface area contributed by atoms with E-state index < -0.39 is 24.7 Å². The van der Waals surface area contributed by atoms with Crippen LogP contribution in [-0.4, -0.2) is 40.7 Å². The number of hydrogen-bond donors (Lipinski definition) is 0. The summed E-state index contributed by atoms with van der Waals surface area (Å²) in [4.78, 5) is 1.53. The molecule has 7 heteroatoms. The van der Waals surface area contributed by atoms with Crippen molar-refractivity contribution in [1.82, 2.24) is 4.48 Å². The number of thioether (sulfide) groups is 1. The van der Waals surface area contributed by atoms with Gasteiger partial charge in [0.15, 0.2) is 8.24 Å². The maximum atomic E-state index is 3.09. The standard InChI is InChI=1S/C35H55N3SSi3/c1-26-22-29(4)34-31(23-26)24-37(5,33-27(2)18-17-19-28(33)3)35(39-34)36(40(6,7)8)32-21-16-15-20-30(32)25-38(35,41(9,10)11)42(12,13)14/h15-23H,24-25H2,1-14H3/q+2. The maximum Gasteiger partial charge on any atom is 0.330 e. The van der Waals surface area contributed by atoms with Crippen molar-refractivity contribution in [2.75, 3.05) is 11.6 Å². The molecule has 0 saturated carbocycles. The third kappa shape index (κ3) is 4.25. The maximum absolute atomic E-state index is 3.09. The van der Waals surface area contributed by atoms with Crippen molar-refractivity contribution in [3.05, 3.63) is 88.0 Å². The lowest BCUT2D eigenvalue weighted by molar-refractivity contribution is -0.803. The van der Waals surface area contributed by atoms with Crippen LogP contribution in [0.1, 0.15) is 33.4 Å². The van der Waals surface area contributed by atoms with E-state index in [0.717, 1.165) is 17.6 Å². The molecule has 42 heavy (non-hydrogen) atoms. The van der Waals surface area contributed by atoms with E-state index in [1.165, 1.54) is 47.9 Å². The highest BCUT2D eigenvalue weighted by molar-refractivity contribution is 8.01. The van der Waals surface area contributed by atoms with Gasteiger partial charge in [-0.05, 0) is 84.7 Å². The number of para-hydroxylation sites is 2. The van der Waals surface area contributed by atoms with Crippen molar-refractivity contribution in [1.29, 1.82) is 0 Å². The molecule has 0 bridgehead atoms. The lowest BCUT2D eigenvalue weighted by atomic mass is 10.0. The van der Waals surface area contributed by atoms with Crippen LogP contribution in [0.25, 0.3) is 0 Å². The van der Waals surface area contributed by atoms with Crippen LogP contribution in [-0.2, 0) is 13.1 Å². The highest BCUT2D eigenvalue weighted by Crippen LogP contribution is 2.65. The lowest BCUT2D eigenvalue weighted by Crippen LogP contribution is -2.96. The summed E-state index contributed by atoms with van der Waals surface area (Å²) in [6.45, 7) is 35.5. The van der Waals surface area contributed by atoms with Gasteiger partial charge in [-0.15, -0.1) is 0 Å². The Morgan fingerprint density at radius 3 is 1.81 bits per heavy atom. The first-order valence-electron chi connectivity index (χ1n) is 15.7. The fourth-order valence-corrected chi connectivity index (χ4v) is 27.7. The number of aryl methyl sites for hydroxylation is 4. The molecule has 2 atom stereocenters. The molecule has 2 aliphatic rings. The fourth-order valence-electron chi connectivity index (χ4n) is 9.22. The average Bonchev–Trinajstić information content (AvgIpc) is 2.82. The zero-order chi connectivity index (χ0) is 31.3. The number of hydrogen-bond acceptors (Lipinski definition) is 2. The van der Waals surface area contributed by atoms with Gasteiger partial charge in [0.05, 0.1) is 13.6 Å². The van der Waals surface area contributed by atoms with Gasteiger partial charge in [-0.25, -0.2) is 4.48 Å². The molecular formula is C35H55N3SSi3+2. The van der Waals surface area contributed by atoms with E-state index in [9.17, 15) is 0 Å². The van der Waals surface area contributed by atoms with Gasteiger partial charge in [-0.1, -0.05) is 67.7 Å². The first kappa shape index (κ1) is 31.8. The SMILES string of the molecule is Cc1cc(C)c2c(c1)C[N+](C)(c1c(C)cccc1C)C1(S2)N([Si](C)(C)C)c2ccccc2C[N+]1([Si](C)(C)C)[Si](C)(C)C. The number of rotatable bonds is 4. The summed E-state index contributed by atoms with van der Waals surface area (Å²) in [6, 6.07) is 21.4. The molecule has 0 aliphatic carbocycles. The van der Waals surface area contributed by atoms with Crippen LogP contribution in [0.3, 0.4) is 0 Å². The minimum atomic E-state index is -1.99. The topological polar surface area (TPSA) is 3.24 Å². The second-order valence-electron chi connectivity index (χ2n) is 16.3. The molecule has 0 amide bonds. The minimum absolute atomic E-state index is 0.238. The Kier molecular flexibility index (Phi) is 7.53. The predicted octanol–water partition coefficient (Wildman–Crippen LogP) is 10.1. The van der Waals surface area contributed by atoms with E-state index in [1.54, 1.807) is 5.56 Å². The summed E-state index contributed by atoms with van der Waals surface area (Å²) in [5.41, 5.74) is 11.7. The Hall–Kier alpha value is -1.62. The Balaban J connectivity index is 2.11. The first-order valence-corrected chi connectivity index (χ1v) is 26.9. The molecule has 0 fully saturated rings. The molecule has 2 unspecified atom stereocenters. The molecule has 0 radical (unpaired) electrons. The Bertz CT molecular complexity index is 1510. The lowest BCUT2D eigenvalue weighted by Gasteiger charge is -2.75. The second-order valence-corrected chi connectivity index (χ2v) is 32.9. The largest absolute Gasteiger partial charge is 0.360 e. The molecule has 0 N–H and O–H groups in total. The Morgan fingerprint density at radius 1 is 0.690 bits per heavy atom. The molecule has 5 rings (SSSR count). The molecule has 0 saturated heterocycles. The molecule has 3 aromatic rings. The number of quaternary nitrogens is 2. The highest BCUT2D eigenvalue weighted by atomic mass is 32.2. The Labute approximate surface area is 264 Å². The van der Waals surface area contributed by atoms with Gasteiger partial charge in [0.2, 0.25) is 0 Å². The molecule has 3 aromatic carbocycles. The van der Waals surface area contributed by atoms with Gasteiger partial charge in [-0.3, -0.25) is 4.57 Å². The normalized spacial score (nSPS) is 24.0. The van der Waals surface area contributed by atoms with Crippen LogP contribution in [0.5, 0.6) is 0 Å². The fraction of sp³-hybridized carbons (Fsp3) is 0.486. The molecule has 1 spiro atoms. The second kappa shape index (κ2) is 9.94. The van der Waals surface area contributed by atoms with Crippen LogP contribution in [0.2, 0.25) is 58.9 Å². The van der Waals surface area contributed by atoms with E-state index >= 15 is 0 Å². The van der Waals surface area contributed by atoms with Crippen LogP contribution in [0.15, 0.2) is 59.5 Å². The average molecular weight is 634 g/mol. The van der Waals surface area contributed by atoms with Crippen LogP contribution < -0.4 is 9.05 Å². The van der Waals surface area contributed by atoms with Gasteiger partial charge in [0, 0.05) is 44.6 Å². The quantitative estimate of drug-likeness (QED) is 0.208. The van der Waals surface area contributed by atoms with Gasteiger partial charge in [-0.2, -0.15) is 0 Å². The summed E-state index contributed by atoms with van der Waals surface area (Å²) >= 11 is 2.27. The third-order valence-electron chi connectivity index (χ3n) is 10.2. The number of benzene rings is 3. The van der Waals surface area contributed by atoms with Crippen LogP contribution in [0, 0.1) is 27.7 Å². The van der Waals surface area contributed by atoms with E-state index in [2.05, 4.69) is 165 Å². The molecule has 3 nitrogen and oxygen atoms in total. The van der Waals surface area contributed by atoms with Crippen molar-refractivity contribution >= 4 is 47.8 Å². The van der Waals surface area contributed by atoms with E-state index in [1.807, 2.05) is 0 Å². The smallest absolute Gasteiger partial charge is 0.330 e. The van der Waals surface area contributed by atoms with Gasteiger partial charge >= 0.3 is 5.12 Å². The summed E-state index contributed by atoms with van der Waals surface area (Å²) in [5, 5.41) is -0.238. The molecular weight excluding hydrogens is 579 g/mol. The number of fused-ring (bicyclic) bond motifs is 2. The predicted molar refractivity (Wildman–Crippen MR) is 195 cm³/mol. The van der Waals surface area contributed by atoms with Gasteiger partial charge in [0.25, 0.3) is 16.5 Å². The molecule has 2 heterocycles. The van der Waals surface area contributed by atoms with Crippen molar-refractivity contribution in [2.24, 2.45) is 0 Å². The van der Waals surface area contributed by atoms with E-state index in [-0.39, 0.29) is 5.12 Å². The molecule has 0 aromatic heterocycles. The van der Waals surface area contributed by atoms with Gasteiger partial charge < -0.3 is 3.81 Å². The number of nitrogens with zero attached hydrogens (tertiary/aromatic N) is 3. The van der Waals surface area contributed by atoms with E-state index in [4.69, 9.17) is 0 Å². The zero-order valence-electron chi connectivity index (χ0n) is 28.9.